The van der Waals surface area contributed by atoms with Crippen molar-refractivity contribution in [1.82, 2.24) is 25.1 Å². The molecule has 2 aromatic carbocycles. The second-order valence-electron chi connectivity index (χ2n) is 7.19. The molecule has 1 aliphatic rings. The lowest BCUT2D eigenvalue weighted by molar-refractivity contribution is 0.0938. The highest BCUT2D eigenvalue weighted by atomic mass is 16.1. The third-order valence-corrected chi connectivity index (χ3v) is 5.36. The van der Waals surface area contributed by atoms with E-state index in [1.54, 1.807) is 22.7 Å². The van der Waals surface area contributed by atoms with Crippen molar-refractivity contribution in [2.75, 3.05) is 0 Å². The first-order chi connectivity index (χ1) is 13.7. The van der Waals surface area contributed by atoms with Gasteiger partial charge in [-0.1, -0.05) is 43.2 Å². The highest BCUT2D eigenvalue weighted by Crippen LogP contribution is 2.23. The van der Waals surface area contributed by atoms with Gasteiger partial charge in [-0.2, -0.15) is 10.1 Å². The summed E-state index contributed by atoms with van der Waals surface area (Å²) in [5.74, 6) is -0.116. The van der Waals surface area contributed by atoms with E-state index >= 15 is 0 Å². The summed E-state index contributed by atoms with van der Waals surface area (Å²) in [6.07, 6.45) is 4.35. The van der Waals surface area contributed by atoms with Crippen LogP contribution in [0.5, 0.6) is 0 Å². The van der Waals surface area contributed by atoms with Gasteiger partial charge in [0.25, 0.3) is 11.5 Å². The molecule has 0 bridgehead atoms. The summed E-state index contributed by atoms with van der Waals surface area (Å²) in [5.41, 5.74) is 2.68. The molecule has 0 atom stereocenters. The van der Waals surface area contributed by atoms with Gasteiger partial charge < -0.3 is 5.32 Å². The molecule has 2 aromatic heterocycles. The molecule has 0 aliphatic heterocycles. The van der Waals surface area contributed by atoms with Gasteiger partial charge in [-0.3, -0.25) is 9.59 Å². The van der Waals surface area contributed by atoms with Crippen molar-refractivity contribution in [2.24, 2.45) is 0 Å². The van der Waals surface area contributed by atoms with E-state index < -0.39 is 0 Å². The topological polar surface area (TPSA) is 92.2 Å². The molecule has 0 unspecified atom stereocenters. The number of hydrogen-bond acceptors (Lipinski definition) is 4. The Balaban J connectivity index is 1.63. The summed E-state index contributed by atoms with van der Waals surface area (Å²) in [7, 11) is 0. The molecular weight excluding hydrogens is 354 g/mol. The summed E-state index contributed by atoms with van der Waals surface area (Å²) in [6.45, 7) is 0. The van der Waals surface area contributed by atoms with Crippen molar-refractivity contribution >= 4 is 22.5 Å². The molecule has 1 saturated carbocycles. The van der Waals surface area contributed by atoms with E-state index in [-0.39, 0.29) is 17.5 Å². The molecule has 0 saturated heterocycles. The number of fused-ring (bicyclic) bond motifs is 3. The molecule has 7 heteroatoms. The lowest BCUT2D eigenvalue weighted by Gasteiger charge is -2.12. The van der Waals surface area contributed by atoms with Crippen LogP contribution < -0.4 is 10.9 Å². The van der Waals surface area contributed by atoms with E-state index in [1.165, 1.54) is 0 Å². The van der Waals surface area contributed by atoms with Crippen LogP contribution in [0.1, 0.15) is 36.0 Å². The number of amides is 1. The number of nitrogens with zero attached hydrogens (tertiary/aromatic N) is 3. The zero-order valence-corrected chi connectivity index (χ0v) is 15.2. The molecule has 0 spiro atoms. The van der Waals surface area contributed by atoms with Crippen LogP contribution in [0.2, 0.25) is 0 Å². The number of benzene rings is 2. The van der Waals surface area contributed by atoms with Crippen LogP contribution in [0.4, 0.5) is 0 Å². The average Bonchev–Trinajstić information content (AvgIpc) is 3.38. The zero-order chi connectivity index (χ0) is 19.1. The van der Waals surface area contributed by atoms with Gasteiger partial charge in [0.15, 0.2) is 5.65 Å². The Bertz CT molecular complexity index is 1240. The van der Waals surface area contributed by atoms with Gasteiger partial charge in [0, 0.05) is 17.2 Å². The highest BCUT2D eigenvalue weighted by Gasteiger charge is 2.19. The Hall–Kier alpha value is -3.48. The largest absolute Gasteiger partial charge is 0.349 e. The minimum atomic E-state index is -0.337. The smallest absolute Gasteiger partial charge is 0.281 e. The fraction of sp³-hybridized carbons (Fsp3) is 0.238. The van der Waals surface area contributed by atoms with Gasteiger partial charge in [0.05, 0.1) is 10.9 Å². The summed E-state index contributed by atoms with van der Waals surface area (Å²) in [4.78, 5) is 29.4. The van der Waals surface area contributed by atoms with Crippen molar-refractivity contribution in [1.29, 1.82) is 0 Å². The van der Waals surface area contributed by atoms with Crippen LogP contribution in [-0.2, 0) is 0 Å². The molecule has 2 N–H and O–H groups in total. The molecule has 1 aliphatic carbocycles. The molecule has 1 amide bonds. The molecule has 2 heterocycles. The number of H-pyrrole nitrogens is 1. The van der Waals surface area contributed by atoms with E-state index in [9.17, 15) is 9.59 Å². The first-order valence-corrected chi connectivity index (χ1v) is 9.48. The van der Waals surface area contributed by atoms with E-state index in [2.05, 4.69) is 20.6 Å². The van der Waals surface area contributed by atoms with Crippen molar-refractivity contribution in [2.45, 2.75) is 31.7 Å². The third-order valence-electron chi connectivity index (χ3n) is 5.36. The Labute approximate surface area is 160 Å². The lowest BCUT2D eigenvalue weighted by Crippen LogP contribution is -2.32. The number of hydrogen-bond donors (Lipinski definition) is 2. The fourth-order valence-electron chi connectivity index (χ4n) is 3.90. The number of nitrogens with one attached hydrogen (secondary N) is 2. The normalized spacial score (nSPS) is 14.7. The lowest BCUT2D eigenvalue weighted by atomic mass is 10.1. The van der Waals surface area contributed by atoms with Gasteiger partial charge >= 0.3 is 0 Å². The van der Waals surface area contributed by atoms with Crippen molar-refractivity contribution in [3.63, 3.8) is 0 Å². The number of rotatable bonds is 3. The Morgan fingerprint density at radius 1 is 1.11 bits per heavy atom. The van der Waals surface area contributed by atoms with E-state index in [0.29, 0.717) is 27.8 Å². The van der Waals surface area contributed by atoms with Gasteiger partial charge in [0.1, 0.15) is 5.69 Å². The van der Waals surface area contributed by atoms with Crippen LogP contribution in [0.3, 0.4) is 0 Å². The summed E-state index contributed by atoms with van der Waals surface area (Å²) in [6, 6.07) is 14.9. The molecule has 140 valence electrons. The van der Waals surface area contributed by atoms with Gasteiger partial charge in [-0.25, -0.2) is 9.73 Å². The zero-order valence-electron chi connectivity index (χ0n) is 15.2. The SMILES string of the molecule is O=C(NC1CCCC1)c1ccc2c(=O)nc3c(-c4ccccc4)n[nH]n3c2c1. The van der Waals surface area contributed by atoms with E-state index in [1.807, 2.05) is 30.3 Å². The van der Waals surface area contributed by atoms with Crippen molar-refractivity contribution in [3.05, 3.63) is 64.4 Å². The standard InChI is InChI=1S/C21H19N5O2/c27-20(22-15-8-4-5-9-15)14-10-11-16-17(12-14)26-19(23-21(16)28)18(24-25-26)13-6-2-1-3-7-13/h1-3,6-7,10-12,15,25H,4-5,8-9H2,(H,22,27). The predicted molar refractivity (Wildman–Crippen MR) is 106 cm³/mol. The van der Waals surface area contributed by atoms with Gasteiger partial charge in [0.2, 0.25) is 0 Å². The van der Waals surface area contributed by atoms with E-state index in [4.69, 9.17) is 0 Å². The molecular formula is C21H19N5O2. The minimum Gasteiger partial charge on any atom is -0.349 e. The Morgan fingerprint density at radius 3 is 2.68 bits per heavy atom. The Morgan fingerprint density at radius 2 is 1.89 bits per heavy atom. The first kappa shape index (κ1) is 16.7. The van der Waals surface area contributed by atoms with Crippen LogP contribution >= 0.6 is 0 Å². The second kappa shape index (κ2) is 6.60. The summed E-state index contributed by atoms with van der Waals surface area (Å²) < 4.78 is 1.66. The summed E-state index contributed by atoms with van der Waals surface area (Å²) in [5, 5.41) is 10.8. The number of carbonyl (C=O) groups is 1. The monoisotopic (exact) mass is 373 g/mol. The van der Waals surface area contributed by atoms with Gasteiger partial charge in [-0.05, 0) is 31.0 Å². The maximum atomic E-state index is 12.7. The van der Waals surface area contributed by atoms with Crippen LogP contribution in [-0.4, -0.2) is 31.8 Å². The molecule has 0 radical (unpaired) electrons. The summed E-state index contributed by atoms with van der Waals surface area (Å²) >= 11 is 0. The third kappa shape index (κ3) is 2.76. The van der Waals surface area contributed by atoms with Crippen LogP contribution in [0.15, 0.2) is 53.3 Å². The van der Waals surface area contributed by atoms with Crippen LogP contribution in [0.25, 0.3) is 27.8 Å². The predicted octanol–water partition coefficient (Wildman–Crippen LogP) is 2.91. The molecule has 5 rings (SSSR count). The molecule has 1 fully saturated rings. The highest BCUT2D eigenvalue weighted by molar-refractivity contribution is 5.98. The van der Waals surface area contributed by atoms with Gasteiger partial charge in [-0.15, -0.1) is 0 Å². The van der Waals surface area contributed by atoms with E-state index in [0.717, 1.165) is 31.2 Å². The quantitative estimate of drug-likeness (QED) is 0.578. The molecule has 4 aromatic rings. The maximum absolute atomic E-state index is 12.7. The second-order valence-corrected chi connectivity index (χ2v) is 7.19. The molecule has 28 heavy (non-hydrogen) atoms. The fourth-order valence-corrected chi connectivity index (χ4v) is 3.90. The van der Waals surface area contributed by atoms with Crippen LogP contribution in [0, 0.1) is 0 Å². The maximum Gasteiger partial charge on any atom is 0.281 e. The number of carbonyl (C=O) groups excluding carboxylic acids is 1. The average molecular weight is 373 g/mol. The Kier molecular flexibility index (Phi) is 3.93. The number of aromatic amines is 1. The number of aromatic nitrogens is 4. The van der Waals surface area contributed by atoms with Crippen molar-refractivity contribution in [3.8, 4) is 11.3 Å². The first-order valence-electron chi connectivity index (χ1n) is 9.48. The minimum absolute atomic E-state index is 0.116. The molecule has 7 nitrogen and oxygen atoms in total. The van der Waals surface area contributed by atoms with Crippen molar-refractivity contribution < 1.29 is 4.79 Å².